The number of hydrogen-bond donors (Lipinski definition) is 4. The van der Waals surface area contributed by atoms with Crippen molar-refractivity contribution < 1.29 is 13.2 Å². The molecule has 0 spiro atoms. The predicted molar refractivity (Wildman–Crippen MR) is 151 cm³/mol. The Labute approximate surface area is 223 Å². The van der Waals surface area contributed by atoms with E-state index in [0.29, 0.717) is 17.9 Å². The zero-order valence-electron chi connectivity index (χ0n) is 21.6. The summed E-state index contributed by atoms with van der Waals surface area (Å²) < 4.78 is 26.5. The quantitative estimate of drug-likeness (QED) is 0.272. The highest BCUT2D eigenvalue weighted by molar-refractivity contribution is 7.90. The number of amides is 2. The Morgan fingerprint density at radius 1 is 0.921 bits per heavy atom. The minimum Gasteiger partial charge on any atom is -0.396 e. The van der Waals surface area contributed by atoms with Gasteiger partial charge in [0, 0.05) is 30.3 Å². The fraction of sp³-hybridized carbons (Fsp3) is 0.179. The van der Waals surface area contributed by atoms with Gasteiger partial charge >= 0.3 is 6.03 Å². The maximum absolute atomic E-state index is 12.2. The molecule has 5 N–H and O–H groups in total. The Balaban J connectivity index is 0.000000585. The standard InChI is InChI=1S/C23H27N5O3S.C5H5N/c1-15-4-10-20(11-5-15)32(30,31)28-23(29)25-13-12-18-6-8-19(9-7-18)27-22-21(24)16(2)14-17(3)26-22;1-2-4-6-5-3-1/h4-11,14H,12-13,24H2,1-3H3,(H,26,27)(H2,25,28,29);1-5H. The van der Waals surface area contributed by atoms with Crippen molar-refractivity contribution in [1.29, 1.82) is 0 Å². The van der Waals surface area contributed by atoms with E-state index in [1.807, 2.05) is 74.0 Å². The largest absolute Gasteiger partial charge is 0.396 e. The number of nitrogen functional groups attached to an aromatic ring is 1. The number of carbonyl (C=O) groups excluding carboxylic acids is 1. The molecule has 0 aliphatic carbocycles. The summed E-state index contributed by atoms with van der Waals surface area (Å²) in [5.41, 5.74) is 11.3. The molecule has 198 valence electrons. The van der Waals surface area contributed by atoms with E-state index in [-0.39, 0.29) is 11.4 Å². The summed E-state index contributed by atoms with van der Waals surface area (Å²) in [6.07, 6.45) is 4.04. The molecule has 10 heteroatoms. The van der Waals surface area contributed by atoms with Crippen molar-refractivity contribution in [1.82, 2.24) is 20.0 Å². The molecule has 2 heterocycles. The zero-order valence-corrected chi connectivity index (χ0v) is 22.4. The first-order chi connectivity index (χ1) is 18.1. The smallest absolute Gasteiger partial charge is 0.328 e. The molecular formula is C28H32N6O3S. The Bertz CT molecular complexity index is 1420. The zero-order chi connectivity index (χ0) is 27.5. The first-order valence-corrected chi connectivity index (χ1v) is 13.4. The van der Waals surface area contributed by atoms with Crippen molar-refractivity contribution in [3.8, 4) is 0 Å². The first-order valence-electron chi connectivity index (χ1n) is 12.0. The lowest BCUT2D eigenvalue weighted by molar-refractivity contribution is 0.246. The van der Waals surface area contributed by atoms with E-state index in [9.17, 15) is 13.2 Å². The molecule has 2 aromatic heterocycles. The molecule has 0 saturated carbocycles. The predicted octanol–water partition coefficient (Wildman–Crippen LogP) is 4.64. The topological polar surface area (TPSA) is 139 Å². The molecule has 0 unspecified atom stereocenters. The van der Waals surface area contributed by atoms with Gasteiger partial charge in [0.2, 0.25) is 0 Å². The van der Waals surface area contributed by atoms with E-state index in [4.69, 9.17) is 5.73 Å². The molecular weight excluding hydrogens is 500 g/mol. The maximum Gasteiger partial charge on any atom is 0.328 e. The van der Waals surface area contributed by atoms with Crippen molar-refractivity contribution in [3.63, 3.8) is 0 Å². The fourth-order valence-electron chi connectivity index (χ4n) is 3.40. The molecule has 0 aliphatic heterocycles. The minimum absolute atomic E-state index is 0.0419. The number of nitrogens with one attached hydrogen (secondary N) is 3. The second kappa shape index (κ2) is 13.2. The molecule has 2 aromatic carbocycles. The van der Waals surface area contributed by atoms with Crippen molar-refractivity contribution in [2.24, 2.45) is 0 Å². The van der Waals surface area contributed by atoms with E-state index in [1.165, 1.54) is 12.1 Å². The summed E-state index contributed by atoms with van der Waals surface area (Å²) in [5.74, 6) is 0.614. The van der Waals surface area contributed by atoms with Gasteiger partial charge in [-0.15, -0.1) is 0 Å². The number of benzene rings is 2. The summed E-state index contributed by atoms with van der Waals surface area (Å²) in [6.45, 7) is 5.99. The molecule has 38 heavy (non-hydrogen) atoms. The average molecular weight is 533 g/mol. The summed E-state index contributed by atoms with van der Waals surface area (Å²) in [4.78, 5) is 20.3. The third-order valence-electron chi connectivity index (χ3n) is 5.43. The van der Waals surface area contributed by atoms with E-state index < -0.39 is 16.1 Å². The van der Waals surface area contributed by atoms with Gasteiger partial charge in [-0.2, -0.15) is 0 Å². The Kier molecular flexibility index (Phi) is 9.78. The van der Waals surface area contributed by atoms with Crippen LogP contribution < -0.4 is 21.1 Å². The van der Waals surface area contributed by atoms with E-state index >= 15 is 0 Å². The molecule has 9 nitrogen and oxygen atoms in total. The summed E-state index contributed by atoms with van der Waals surface area (Å²) in [7, 11) is -3.90. The van der Waals surface area contributed by atoms with Crippen molar-refractivity contribution >= 4 is 33.2 Å². The van der Waals surface area contributed by atoms with Crippen LogP contribution in [0, 0.1) is 20.8 Å². The van der Waals surface area contributed by atoms with Gasteiger partial charge in [0.15, 0.2) is 5.82 Å². The highest BCUT2D eigenvalue weighted by Gasteiger charge is 2.17. The average Bonchev–Trinajstić information content (AvgIpc) is 2.89. The van der Waals surface area contributed by atoms with E-state index in [0.717, 1.165) is 28.1 Å². The lowest BCUT2D eigenvalue weighted by Gasteiger charge is -2.12. The number of anilines is 3. The van der Waals surface area contributed by atoms with Gasteiger partial charge in [-0.05, 0) is 80.8 Å². The molecule has 0 aliphatic rings. The molecule has 0 bridgehead atoms. The van der Waals surface area contributed by atoms with E-state index in [2.05, 4.69) is 20.6 Å². The molecule has 4 rings (SSSR count). The number of hydrogen-bond acceptors (Lipinski definition) is 7. The monoisotopic (exact) mass is 532 g/mol. The number of aromatic nitrogens is 2. The van der Waals surface area contributed by atoms with Crippen LogP contribution in [-0.4, -0.2) is 31.0 Å². The number of sulfonamides is 1. The molecule has 0 fully saturated rings. The second-order valence-electron chi connectivity index (χ2n) is 8.61. The van der Waals surface area contributed by atoms with Gasteiger partial charge < -0.3 is 16.4 Å². The van der Waals surface area contributed by atoms with Gasteiger partial charge in [0.1, 0.15) is 0 Å². The third-order valence-corrected chi connectivity index (χ3v) is 6.78. The number of aryl methyl sites for hydroxylation is 3. The maximum atomic E-state index is 12.2. The fourth-order valence-corrected chi connectivity index (χ4v) is 4.33. The van der Waals surface area contributed by atoms with Crippen LogP contribution in [0.1, 0.15) is 22.4 Å². The lowest BCUT2D eigenvalue weighted by Crippen LogP contribution is -2.40. The lowest BCUT2D eigenvalue weighted by atomic mass is 10.1. The molecule has 0 saturated heterocycles. The Morgan fingerprint density at radius 3 is 2.16 bits per heavy atom. The molecule has 0 radical (unpaired) electrons. The molecule has 0 atom stereocenters. The van der Waals surface area contributed by atoms with Crippen LogP contribution in [0.3, 0.4) is 0 Å². The van der Waals surface area contributed by atoms with Crippen molar-refractivity contribution in [2.45, 2.75) is 32.1 Å². The summed E-state index contributed by atoms with van der Waals surface area (Å²) in [5, 5.41) is 5.79. The van der Waals surface area contributed by atoms with Gasteiger partial charge in [0.25, 0.3) is 10.0 Å². The highest BCUT2D eigenvalue weighted by Crippen LogP contribution is 2.24. The van der Waals surface area contributed by atoms with Crippen molar-refractivity contribution in [3.05, 3.63) is 108 Å². The number of pyridine rings is 2. The number of nitrogens with zero attached hydrogens (tertiary/aromatic N) is 2. The van der Waals surface area contributed by atoms with Crippen LogP contribution in [0.2, 0.25) is 0 Å². The van der Waals surface area contributed by atoms with Gasteiger partial charge in [0.05, 0.1) is 10.6 Å². The summed E-state index contributed by atoms with van der Waals surface area (Å²) in [6, 6.07) is 20.8. The minimum atomic E-state index is -3.90. The Morgan fingerprint density at radius 2 is 1.58 bits per heavy atom. The first kappa shape index (κ1) is 28.1. The van der Waals surface area contributed by atoms with E-state index in [1.54, 1.807) is 24.5 Å². The van der Waals surface area contributed by atoms with Gasteiger partial charge in [-0.25, -0.2) is 22.9 Å². The van der Waals surface area contributed by atoms with Crippen LogP contribution in [-0.2, 0) is 16.4 Å². The third kappa shape index (κ3) is 8.59. The van der Waals surface area contributed by atoms with Crippen LogP contribution in [0.15, 0.2) is 90.1 Å². The summed E-state index contributed by atoms with van der Waals surface area (Å²) >= 11 is 0. The van der Waals surface area contributed by atoms with Gasteiger partial charge in [-0.3, -0.25) is 4.98 Å². The van der Waals surface area contributed by atoms with Crippen LogP contribution >= 0.6 is 0 Å². The number of rotatable bonds is 7. The Hall–Kier alpha value is -4.44. The highest BCUT2D eigenvalue weighted by atomic mass is 32.2. The SMILES string of the molecule is Cc1ccc(S(=O)(=O)NC(=O)NCCc2ccc(Nc3nc(C)cc(C)c3N)cc2)cc1.c1ccncc1. The number of nitrogens with two attached hydrogens (primary N) is 1. The normalized spacial score (nSPS) is 10.6. The molecule has 2 amide bonds. The number of carbonyl (C=O) groups is 1. The second-order valence-corrected chi connectivity index (χ2v) is 10.3. The van der Waals surface area contributed by atoms with Gasteiger partial charge in [-0.1, -0.05) is 35.9 Å². The van der Waals surface area contributed by atoms with Crippen LogP contribution in [0.4, 0.5) is 22.0 Å². The van der Waals surface area contributed by atoms with Crippen molar-refractivity contribution in [2.75, 3.05) is 17.6 Å². The molecule has 4 aromatic rings. The van der Waals surface area contributed by atoms with Crippen LogP contribution in [0.25, 0.3) is 0 Å². The van der Waals surface area contributed by atoms with Crippen LogP contribution in [0.5, 0.6) is 0 Å². The number of urea groups is 1.